The Bertz CT molecular complexity index is 691. The predicted molar refractivity (Wildman–Crippen MR) is 97.2 cm³/mol. The molecule has 8 heteroatoms. The van der Waals surface area contributed by atoms with E-state index in [-0.39, 0.29) is 5.91 Å². The van der Waals surface area contributed by atoms with Gasteiger partial charge in [0.15, 0.2) is 10.4 Å². The Morgan fingerprint density at radius 3 is 2.96 bits per heavy atom. The Hall–Kier alpha value is -2.06. The Labute approximate surface area is 149 Å². The molecule has 1 N–H and O–H groups in total. The highest BCUT2D eigenvalue weighted by molar-refractivity contribution is 8.01. The van der Waals surface area contributed by atoms with Crippen molar-refractivity contribution in [3.63, 3.8) is 0 Å². The Balaban J connectivity index is 1.97. The Morgan fingerprint density at radius 2 is 2.25 bits per heavy atom. The standard InChI is InChI=1S/C16H19N3O3S2/c1-4-9-23-16-19-18-15(24-16)17-14(20)13(5-2)22-12-8-6-7-11(10-12)21-3/h4,6-8,10,13H,1,5,9H2,2-3H3,(H,17,18,20). The molecule has 0 spiro atoms. The summed E-state index contributed by atoms with van der Waals surface area (Å²) in [5.41, 5.74) is 0. The molecule has 24 heavy (non-hydrogen) atoms. The molecule has 1 aromatic heterocycles. The summed E-state index contributed by atoms with van der Waals surface area (Å²) in [4.78, 5) is 12.4. The number of nitrogens with zero attached hydrogens (tertiary/aromatic N) is 2. The molecule has 6 nitrogen and oxygen atoms in total. The van der Waals surface area contributed by atoms with E-state index < -0.39 is 6.10 Å². The fourth-order valence-electron chi connectivity index (χ4n) is 1.80. The minimum absolute atomic E-state index is 0.253. The number of carbonyl (C=O) groups is 1. The van der Waals surface area contributed by atoms with Crippen LogP contribution in [0.25, 0.3) is 0 Å². The van der Waals surface area contributed by atoms with E-state index in [4.69, 9.17) is 9.47 Å². The summed E-state index contributed by atoms with van der Waals surface area (Å²) in [6.45, 7) is 5.54. The van der Waals surface area contributed by atoms with Crippen molar-refractivity contribution >= 4 is 34.1 Å². The zero-order chi connectivity index (χ0) is 17.4. The van der Waals surface area contributed by atoms with Crippen LogP contribution in [-0.4, -0.2) is 35.1 Å². The van der Waals surface area contributed by atoms with Crippen molar-refractivity contribution in [2.24, 2.45) is 0 Å². The lowest BCUT2D eigenvalue weighted by molar-refractivity contribution is -0.122. The Morgan fingerprint density at radius 1 is 1.46 bits per heavy atom. The van der Waals surface area contributed by atoms with Gasteiger partial charge in [-0.05, 0) is 18.6 Å². The minimum Gasteiger partial charge on any atom is -0.497 e. The summed E-state index contributed by atoms with van der Waals surface area (Å²) in [7, 11) is 1.58. The number of thioether (sulfide) groups is 1. The highest BCUT2D eigenvalue weighted by Gasteiger charge is 2.20. The number of amides is 1. The lowest BCUT2D eigenvalue weighted by Gasteiger charge is -2.16. The monoisotopic (exact) mass is 365 g/mol. The van der Waals surface area contributed by atoms with Crippen LogP contribution in [0.5, 0.6) is 11.5 Å². The normalized spacial score (nSPS) is 11.6. The van der Waals surface area contributed by atoms with Gasteiger partial charge < -0.3 is 9.47 Å². The fourth-order valence-corrected chi connectivity index (χ4v) is 3.31. The number of benzene rings is 1. The molecule has 128 valence electrons. The third kappa shape index (κ3) is 5.24. The van der Waals surface area contributed by atoms with Gasteiger partial charge in [0.2, 0.25) is 5.13 Å². The molecule has 1 amide bonds. The smallest absolute Gasteiger partial charge is 0.267 e. The molecule has 1 heterocycles. The molecule has 0 aliphatic rings. The first-order valence-electron chi connectivity index (χ1n) is 7.35. The minimum atomic E-state index is -0.620. The van der Waals surface area contributed by atoms with Gasteiger partial charge in [0.05, 0.1) is 7.11 Å². The number of carbonyl (C=O) groups excluding carboxylic acids is 1. The molecule has 0 saturated heterocycles. The number of hydrogen-bond acceptors (Lipinski definition) is 7. The Kier molecular flexibility index (Phi) is 7.07. The van der Waals surface area contributed by atoms with Crippen molar-refractivity contribution in [1.29, 1.82) is 0 Å². The van der Waals surface area contributed by atoms with Gasteiger partial charge >= 0.3 is 0 Å². The van der Waals surface area contributed by atoms with E-state index >= 15 is 0 Å². The van der Waals surface area contributed by atoms with Crippen LogP contribution < -0.4 is 14.8 Å². The molecule has 0 aliphatic heterocycles. The second-order valence-corrected chi connectivity index (χ2v) is 6.90. The number of rotatable bonds is 9. The molecule has 0 saturated carbocycles. The third-order valence-corrected chi connectivity index (χ3v) is 4.91. The average Bonchev–Trinajstić information content (AvgIpc) is 3.05. The van der Waals surface area contributed by atoms with Crippen molar-refractivity contribution in [2.45, 2.75) is 23.8 Å². The van der Waals surface area contributed by atoms with Crippen LogP contribution in [0.15, 0.2) is 41.3 Å². The summed E-state index contributed by atoms with van der Waals surface area (Å²) in [6, 6.07) is 7.16. The largest absolute Gasteiger partial charge is 0.497 e. The first-order valence-corrected chi connectivity index (χ1v) is 9.15. The zero-order valence-electron chi connectivity index (χ0n) is 13.5. The van der Waals surface area contributed by atoms with E-state index in [1.54, 1.807) is 25.3 Å². The summed E-state index contributed by atoms with van der Waals surface area (Å²) in [5.74, 6) is 1.75. The zero-order valence-corrected chi connectivity index (χ0v) is 15.2. The maximum atomic E-state index is 12.4. The van der Waals surface area contributed by atoms with E-state index in [2.05, 4.69) is 22.1 Å². The van der Waals surface area contributed by atoms with Crippen LogP contribution in [-0.2, 0) is 4.79 Å². The van der Waals surface area contributed by atoms with Crippen molar-refractivity contribution in [3.05, 3.63) is 36.9 Å². The van der Waals surface area contributed by atoms with E-state index in [0.717, 1.165) is 10.1 Å². The summed E-state index contributed by atoms with van der Waals surface area (Å²) < 4.78 is 11.7. The van der Waals surface area contributed by atoms with Crippen LogP contribution in [0.4, 0.5) is 5.13 Å². The van der Waals surface area contributed by atoms with Crippen LogP contribution in [0.2, 0.25) is 0 Å². The van der Waals surface area contributed by atoms with Gasteiger partial charge in [0.25, 0.3) is 5.91 Å². The molecule has 0 aliphatic carbocycles. The fraction of sp³-hybridized carbons (Fsp3) is 0.312. The first kappa shape index (κ1) is 18.3. The van der Waals surface area contributed by atoms with Gasteiger partial charge in [0, 0.05) is 11.8 Å². The topological polar surface area (TPSA) is 73.3 Å². The lowest BCUT2D eigenvalue weighted by atomic mass is 10.2. The van der Waals surface area contributed by atoms with Gasteiger partial charge in [-0.2, -0.15) is 0 Å². The molecule has 1 unspecified atom stereocenters. The average molecular weight is 365 g/mol. The van der Waals surface area contributed by atoms with Crippen LogP contribution in [0, 0.1) is 0 Å². The second-order valence-electron chi connectivity index (χ2n) is 4.66. The van der Waals surface area contributed by atoms with Crippen molar-refractivity contribution < 1.29 is 14.3 Å². The van der Waals surface area contributed by atoms with Crippen LogP contribution in [0.3, 0.4) is 0 Å². The van der Waals surface area contributed by atoms with Gasteiger partial charge in [-0.1, -0.05) is 42.2 Å². The predicted octanol–water partition coefficient (Wildman–Crippen LogP) is 3.62. The molecule has 1 aromatic carbocycles. The second kappa shape index (κ2) is 9.29. The van der Waals surface area contributed by atoms with Gasteiger partial charge in [-0.15, -0.1) is 16.8 Å². The van der Waals surface area contributed by atoms with Crippen molar-refractivity contribution in [2.75, 3.05) is 18.2 Å². The van der Waals surface area contributed by atoms with Gasteiger partial charge in [0.1, 0.15) is 11.5 Å². The van der Waals surface area contributed by atoms with Crippen molar-refractivity contribution in [3.8, 4) is 11.5 Å². The van der Waals surface area contributed by atoms with Crippen LogP contribution in [0.1, 0.15) is 13.3 Å². The molecule has 0 fully saturated rings. The van der Waals surface area contributed by atoms with Crippen molar-refractivity contribution in [1.82, 2.24) is 10.2 Å². The first-order chi connectivity index (χ1) is 11.7. The third-order valence-electron chi connectivity index (χ3n) is 2.94. The molecule has 2 aromatic rings. The highest BCUT2D eigenvalue weighted by Crippen LogP contribution is 2.26. The molecule has 0 radical (unpaired) electrons. The highest BCUT2D eigenvalue weighted by atomic mass is 32.2. The van der Waals surface area contributed by atoms with Gasteiger partial charge in [-0.3, -0.25) is 10.1 Å². The maximum absolute atomic E-state index is 12.4. The van der Waals surface area contributed by atoms with Crippen LogP contribution >= 0.6 is 23.1 Å². The molecular weight excluding hydrogens is 346 g/mol. The van der Waals surface area contributed by atoms with E-state index in [1.807, 2.05) is 19.1 Å². The summed E-state index contributed by atoms with van der Waals surface area (Å²) in [6.07, 6.45) is 1.70. The molecule has 0 bridgehead atoms. The summed E-state index contributed by atoms with van der Waals surface area (Å²) in [5, 5.41) is 11.2. The molecule has 1 atom stereocenters. The number of nitrogens with one attached hydrogen (secondary N) is 1. The maximum Gasteiger partial charge on any atom is 0.267 e. The van der Waals surface area contributed by atoms with E-state index in [0.29, 0.717) is 23.1 Å². The molecule has 2 rings (SSSR count). The lowest BCUT2D eigenvalue weighted by Crippen LogP contribution is -2.32. The van der Waals surface area contributed by atoms with E-state index in [9.17, 15) is 4.79 Å². The SMILES string of the molecule is C=CCSc1nnc(NC(=O)C(CC)Oc2cccc(OC)c2)s1. The number of aromatic nitrogens is 2. The summed E-state index contributed by atoms with van der Waals surface area (Å²) >= 11 is 2.85. The number of ether oxygens (including phenoxy) is 2. The number of hydrogen-bond donors (Lipinski definition) is 1. The van der Waals surface area contributed by atoms with Gasteiger partial charge in [-0.25, -0.2) is 0 Å². The van der Waals surface area contributed by atoms with E-state index in [1.165, 1.54) is 23.1 Å². The number of methoxy groups -OCH3 is 1. The molecular formula is C16H19N3O3S2. The quantitative estimate of drug-likeness (QED) is 0.416. The number of anilines is 1.